The van der Waals surface area contributed by atoms with Crippen LogP contribution in [0.5, 0.6) is 0 Å². The fraction of sp³-hybridized carbons (Fsp3) is 0.455. The molecule has 2 aliphatic rings. The summed E-state index contributed by atoms with van der Waals surface area (Å²) in [6, 6.07) is 8.77. The quantitative estimate of drug-likeness (QED) is 0.868. The molecule has 0 unspecified atom stereocenters. The minimum atomic E-state index is -0.310. The molecule has 0 aliphatic carbocycles. The Labute approximate surface area is 170 Å². The number of carbonyl (C=O) groups excluding carboxylic acids is 2. The number of carbonyl (C=O) groups is 2. The lowest BCUT2D eigenvalue weighted by atomic mass is 10.1. The van der Waals surface area contributed by atoms with Crippen molar-refractivity contribution >= 4 is 17.5 Å². The van der Waals surface area contributed by atoms with Gasteiger partial charge in [-0.2, -0.15) is 5.26 Å². The maximum absolute atomic E-state index is 13.2. The van der Waals surface area contributed by atoms with Gasteiger partial charge in [0.25, 0.3) is 11.8 Å². The zero-order chi connectivity index (χ0) is 20.2. The molecule has 0 spiro atoms. The van der Waals surface area contributed by atoms with Gasteiger partial charge in [0.2, 0.25) is 0 Å². The molecule has 1 aromatic carbocycles. The number of rotatable bonds is 3. The summed E-state index contributed by atoms with van der Waals surface area (Å²) in [6.07, 6.45) is 7.07. The van der Waals surface area contributed by atoms with Gasteiger partial charge in [-0.05, 0) is 56.4 Å². The van der Waals surface area contributed by atoms with E-state index in [4.69, 9.17) is 5.26 Å². The highest BCUT2D eigenvalue weighted by atomic mass is 16.2. The van der Waals surface area contributed by atoms with Crippen molar-refractivity contribution < 1.29 is 9.59 Å². The molecule has 29 heavy (non-hydrogen) atoms. The molecule has 0 radical (unpaired) electrons. The fourth-order valence-electron chi connectivity index (χ4n) is 4.12. The summed E-state index contributed by atoms with van der Waals surface area (Å²) in [5, 5.41) is 11.8. The normalized spacial score (nSPS) is 16.4. The number of benzene rings is 1. The van der Waals surface area contributed by atoms with Crippen LogP contribution in [0, 0.1) is 11.3 Å². The van der Waals surface area contributed by atoms with Crippen LogP contribution in [-0.4, -0.2) is 39.4 Å². The number of hydrogen-bond acceptors (Lipinski definition) is 4. The first-order valence-electron chi connectivity index (χ1n) is 10.4. The van der Waals surface area contributed by atoms with Crippen LogP contribution in [0.15, 0.2) is 24.3 Å². The van der Waals surface area contributed by atoms with E-state index in [1.165, 1.54) is 0 Å². The van der Waals surface area contributed by atoms with Gasteiger partial charge >= 0.3 is 0 Å². The molecule has 1 N–H and O–H groups in total. The van der Waals surface area contributed by atoms with Crippen molar-refractivity contribution in [2.75, 3.05) is 18.4 Å². The molecule has 2 amide bonds. The van der Waals surface area contributed by atoms with Crippen molar-refractivity contribution in [1.82, 2.24) is 14.5 Å². The van der Waals surface area contributed by atoms with Crippen LogP contribution in [0.1, 0.15) is 70.9 Å². The lowest BCUT2D eigenvalue weighted by Gasteiger charge is -2.22. The monoisotopic (exact) mass is 391 g/mol. The maximum Gasteiger partial charge on any atom is 0.289 e. The number of aromatic nitrogens is 2. The van der Waals surface area contributed by atoms with Gasteiger partial charge in [0, 0.05) is 25.3 Å². The first-order valence-corrected chi connectivity index (χ1v) is 10.4. The average molecular weight is 391 g/mol. The molecule has 1 fully saturated rings. The van der Waals surface area contributed by atoms with E-state index in [0.717, 1.165) is 70.3 Å². The third-order valence-electron chi connectivity index (χ3n) is 5.69. The van der Waals surface area contributed by atoms with Crippen molar-refractivity contribution in [3.63, 3.8) is 0 Å². The van der Waals surface area contributed by atoms with E-state index in [1.807, 2.05) is 9.47 Å². The smallest absolute Gasteiger partial charge is 0.289 e. The molecule has 1 saturated heterocycles. The number of likely N-dealkylation sites (tertiary alicyclic amines) is 1. The third-order valence-corrected chi connectivity index (χ3v) is 5.69. The van der Waals surface area contributed by atoms with E-state index < -0.39 is 0 Å². The van der Waals surface area contributed by atoms with Crippen LogP contribution < -0.4 is 5.32 Å². The zero-order valence-corrected chi connectivity index (χ0v) is 16.5. The van der Waals surface area contributed by atoms with E-state index in [9.17, 15) is 9.59 Å². The molecule has 7 nitrogen and oxygen atoms in total. The molecular weight excluding hydrogens is 366 g/mol. The van der Waals surface area contributed by atoms with E-state index in [-0.39, 0.29) is 11.8 Å². The predicted molar refractivity (Wildman–Crippen MR) is 109 cm³/mol. The molecule has 2 aromatic rings. The second-order valence-corrected chi connectivity index (χ2v) is 7.69. The highest BCUT2D eigenvalue weighted by Crippen LogP contribution is 2.24. The van der Waals surface area contributed by atoms with Gasteiger partial charge < -0.3 is 14.8 Å². The third kappa shape index (κ3) is 4.02. The van der Waals surface area contributed by atoms with E-state index in [0.29, 0.717) is 22.8 Å². The fourth-order valence-corrected chi connectivity index (χ4v) is 4.12. The zero-order valence-electron chi connectivity index (χ0n) is 16.5. The minimum Gasteiger partial charge on any atom is -0.336 e. The molecule has 0 bridgehead atoms. The highest BCUT2D eigenvalue weighted by Gasteiger charge is 2.30. The molecule has 7 heteroatoms. The highest BCUT2D eigenvalue weighted by molar-refractivity contribution is 6.05. The number of nitrogens with one attached hydrogen (secondary N) is 1. The van der Waals surface area contributed by atoms with E-state index in [1.54, 1.807) is 24.3 Å². The lowest BCUT2D eigenvalue weighted by molar-refractivity contribution is 0.0743. The van der Waals surface area contributed by atoms with Gasteiger partial charge in [-0.3, -0.25) is 9.59 Å². The standard InChI is InChI=1S/C22H25N5O2/c23-15-16-8-10-17(11-9-16)24-21(28)19-18-7-3-6-14-27(18)20(25-19)22(29)26-12-4-1-2-5-13-26/h8-11H,1-7,12-14H2,(H,24,28). The van der Waals surface area contributed by atoms with Crippen molar-refractivity contribution in [3.05, 3.63) is 47.0 Å². The topological polar surface area (TPSA) is 91.0 Å². The summed E-state index contributed by atoms with van der Waals surface area (Å²) < 4.78 is 1.95. The Hall–Kier alpha value is -3.14. The van der Waals surface area contributed by atoms with Gasteiger partial charge in [-0.1, -0.05) is 12.8 Å². The Kier molecular flexibility index (Phi) is 5.61. The summed E-state index contributed by atoms with van der Waals surface area (Å²) in [5.41, 5.74) is 2.33. The first-order chi connectivity index (χ1) is 14.2. The number of amides is 2. The van der Waals surface area contributed by atoms with Crippen LogP contribution in [0.3, 0.4) is 0 Å². The van der Waals surface area contributed by atoms with E-state index in [2.05, 4.69) is 16.4 Å². The largest absolute Gasteiger partial charge is 0.336 e. The van der Waals surface area contributed by atoms with Gasteiger partial charge in [0.15, 0.2) is 11.5 Å². The van der Waals surface area contributed by atoms with Gasteiger partial charge in [-0.15, -0.1) is 0 Å². The number of hydrogen-bond donors (Lipinski definition) is 1. The number of imidazole rings is 1. The van der Waals surface area contributed by atoms with E-state index >= 15 is 0 Å². The second kappa shape index (κ2) is 8.48. The number of anilines is 1. The molecule has 1 aromatic heterocycles. The molecule has 0 atom stereocenters. The van der Waals surface area contributed by atoms with Crippen LogP contribution in [-0.2, 0) is 13.0 Å². The molecule has 0 saturated carbocycles. The lowest BCUT2D eigenvalue weighted by Crippen LogP contribution is -2.34. The van der Waals surface area contributed by atoms with Gasteiger partial charge in [0.1, 0.15) is 0 Å². The first kappa shape index (κ1) is 19.2. The minimum absolute atomic E-state index is 0.0625. The molecule has 3 heterocycles. The van der Waals surface area contributed by atoms with Crippen molar-refractivity contribution in [3.8, 4) is 6.07 Å². The van der Waals surface area contributed by atoms with Crippen molar-refractivity contribution in [2.24, 2.45) is 0 Å². The maximum atomic E-state index is 13.2. The van der Waals surface area contributed by atoms with Crippen LogP contribution in [0.2, 0.25) is 0 Å². The summed E-state index contributed by atoms with van der Waals surface area (Å²) >= 11 is 0. The van der Waals surface area contributed by atoms with Crippen LogP contribution in [0.25, 0.3) is 0 Å². The number of nitrogens with zero attached hydrogens (tertiary/aromatic N) is 4. The summed E-state index contributed by atoms with van der Waals surface area (Å²) in [6.45, 7) is 2.24. The SMILES string of the molecule is N#Cc1ccc(NC(=O)c2nc(C(=O)N3CCCCCC3)n3c2CCCC3)cc1. The Morgan fingerprint density at radius 1 is 0.966 bits per heavy atom. The molecule has 2 aliphatic heterocycles. The molecule has 4 rings (SSSR count). The number of nitriles is 1. The summed E-state index contributed by atoms with van der Waals surface area (Å²) in [7, 11) is 0. The summed E-state index contributed by atoms with van der Waals surface area (Å²) in [5.74, 6) is 0.0225. The Balaban J connectivity index is 1.60. The average Bonchev–Trinajstić information content (AvgIpc) is 2.93. The van der Waals surface area contributed by atoms with Gasteiger partial charge in [-0.25, -0.2) is 4.98 Å². The van der Waals surface area contributed by atoms with Crippen molar-refractivity contribution in [2.45, 2.75) is 51.5 Å². The Morgan fingerprint density at radius 3 is 2.34 bits per heavy atom. The van der Waals surface area contributed by atoms with Crippen LogP contribution in [0.4, 0.5) is 5.69 Å². The molecule has 150 valence electrons. The Bertz CT molecular complexity index is 947. The Morgan fingerprint density at radius 2 is 1.66 bits per heavy atom. The molecular formula is C22H25N5O2. The van der Waals surface area contributed by atoms with Gasteiger partial charge in [0.05, 0.1) is 17.3 Å². The predicted octanol–water partition coefficient (Wildman–Crippen LogP) is 3.36. The van der Waals surface area contributed by atoms with Crippen LogP contribution >= 0.6 is 0 Å². The number of fused-ring (bicyclic) bond motifs is 1. The summed E-state index contributed by atoms with van der Waals surface area (Å²) in [4.78, 5) is 32.5. The van der Waals surface area contributed by atoms with Crippen molar-refractivity contribution in [1.29, 1.82) is 5.26 Å². The second-order valence-electron chi connectivity index (χ2n) is 7.69.